The van der Waals surface area contributed by atoms with Crippen LogP contribution in [0.5, 0.6) is 0 Å². The number of quaternary nitrogens is 1. The fourth-order valence-corrected chi connectivity index (χ4v) is 4.47. The van der Waals surface area contributed by atoms with Crippen molar-refractivity contribution >= 4 is 29.2 Å². The summed E-state index contributed by atoms with van der Waals surface area (Å²) in [6.45, 7) is 2.20. The molecule has 41 heavy (non-hydrogen) atoms. The molecule has 1 aliphatic rings. The van der Waals surface area contributed by atoms with E-state index in [1.807, 2.05) is 0 Å². The molecule has 1 atom stereocenters. The van der Waals surface area contributed by atoms with E-state index in [1.54, 1.807) is 37.3 Å². The summed E-state index contributed by atoms with van der Waals surface area (Å²) in [6.07, 6.45) is 2.29. The van der Waals surface area contributed by atoms with E-state index in [2.05, 4.69) is 15.4 Å². The number of carbonyl (C=O) groups excluding carboxylic acids is 2. The number of nitrogens with one attached hydrogen (secondary N) is 2. The zero-order chi connectivity index (χ0) is 29.8. The Kier molecular flexibility index (Phi) is 8.68. The van der Waals surface area contributed by atoms with E-state index in [-0.39, 0.29) is 28.9 Å². The van der Waals surface area contributed by atoms with Crippen LogP contribution in [-0.4, -0.2) is 55.1 Å². The maximum atomic E-state index is 13.0. The summed E-state index contributed by atoms with van der Waals surface area (Å²) >= 11 is 0. The second kappa shape index (κ2) is 12.2. The topological polar surface area (TPSA) is 194 Å². The number of nitrogens with two attached hydrogens (primary N) is 1. The molecule has 0 saturated carbocycles. The van der Waals surface area contributed by atoms with Gasteiger partial charge in [-0.15, -0.1) is 0 Å². The number of benzene rings is 2. The smallest absolute Gasteiger partial charge is 0.354 e. The van der Waals surface area contributed by atoms with Crippen LogP contribution in [0.1, 0.15) is 66.1 Å². The van der Waals surface area contributed by atoms with Crippen molar-refractivity contribution in [2.45, 2.75) is 32.4 Å². The molecule has 0 radical (unpaired) electrons. The Morgan fingerprint density at radius 1 is 1.20 bits per heavy atom. The predicted molar refractivity (Wildman–Crippen MR) is 139 cm³/mol. The molecular formula is C27H28FN6O7+. The van der Waals surface area contributed by atoms with E-state index >= 15 is 0 Å². The van der Waals surface area contributed by atoms with Gasteiger partial charge in [0, 0.05) is 12.6 Å². The predicted octanol–water partition coefficient (Wildman–Crippen LogP) is 1.52. The van der Waals surface area contributed by atoms with Gasteiger partial charge in [-0.25, -0.2) is 23.5 Å². The average molecular weight is 568 g/mol. The number of nitrogens with zero attached hydrogens (tertiary/aromatic N) is 3. The Morgan fingerprint density at radius 3 is 2.59 bits per heavy atom. The molecule has 2 heterocycles. The lowest BCUT2D eigenvalue weighted by Crippen LogP contribution is -3.01. The number of aromatic carboxylic acids is 1. The second-order valence-corrected chi connectivity index (χ2v) is 9.21. The summed E-state index contributed by atoms with van der Waals surface area (Å²) in [5, 5.41) is 33.8. The summed E-state index contributed by atoms with van der Waals surface area (Å²) in [6, 6.07) is 10.7. The first-order valence-corrected chi connectivity index (χ1v) is 12.4. The molecule has 13 nitrogen and oxygen atoms in total. The lowest BCUT2D eigenvalue weighted by molar-refractivity contribution is -1.19. The number of aryl methyl sites for hydroxylation is 2. The third-order valence-electron chi connectivity index (χ3n) is 6.57. The van der Waals surface area contributed by atoms with Crippen LogP contribution in [0.4, 0.5) is 10.1 Å². The normalized spacial score (nSPS) is 13.9. The third kappa shape index (κ3) is 6.20. The standard InChI is InChI=1S/C19H17N5O7.C8H10FN/c1-31-19(28)10-2-4-11-9(6-10)3-5-12(11)22-17(25)14-7-13(18(26)27)21-16-15(24(29)30)8-20-23(14)16;1-6-4-7(5-10)2-3-8(6)9/h2,4,6-8,12,29-30H,3,5H2,1H3,(H,22,25)(H,26,27);2-4H,5,10H2,1H3/p+1/t12-;/m0./s1. The van der Waals surface area contributed by atoms with Gasteiger partial charge in [-0.1, -0.05) is 18.2 Å². The first-order chi connectivity index (χ1) is 19.5. The molecule has 1 aliphatic carbocycles. The Hall–Kier alpha value is -4.76. The minimum Gasteiger partial charge on any atom is -0.477 e. The molecule has 0 aliphatic heterocycles. The molecule has 0 fully saturated rings. The van der Waals surface area contributed by atoms with Gasteiger partial charge in [0.1, 0.15) is 17.7 Å². The number of fused-ring (bicyclic) bond motifs is 2. The molecule has 4 aromatic rings. The van der Waals surface area contributed by atoms with Gasteiger partial charge in [0.15, 0.2) is 5.69 Å². The van der Waals surface area contributed by atoms with E-state index in [0.29, 0.717) is 30.5 Å². The molecule has 2 aromatic carbocycles. The number of esters is 1. The molecule has 214 valence electrons. The van der Waals surface area contributed by atoms with Gasteiger partial charge in [-0.05, 0) is 65.4 Å². The number of hydrogen-bond donors (Lipinski definition) is 6. The van der Waals surface area contributed by atoms with Crippen LogP contribution in [0, 0.1) is 12.7 Å². The number of amides is 1. The Morgan fingerprint density at radius 2 is 1.95 bits per heavy atom. The largest absolute Gasteiger partial charge is 0.477 e. The van der Waals surface area contributed by atoms with Gasteiger partial charge in [-0.3, -0.25) is 4.79 Å². The fraction of sp³-hybridized carbons (Fsp3) is 0.222. The van der Waals surface area contributed by atoms with Crippen molar-refractivity contribution in [1.29, 1.82) is 0 Å². The molecule has 5 rings (SSSR count). The number of carboxylic acids is 1. The minimum atomic E-state index is -1.39. The van der Waals surface area contributed by atoms with Gasteiger partial charge >= 0.3 is 11.9 Å². The van der Waals surface area contributed by atoms with Crippen molar-refractivity contribution in [2.75, 3.05) is 7.11 Å². The monoisotopic (exact) mass is 567 g/mol. The molecule has 1 amide bonds. The van der Waals surface area contributed by atoms with Crippen LogP contribution < -0.4 is 16.3 Å². The highest BCUT2D eigenvalue weighted by molar-refractivity contribution is 5.97. The molecule has 0 bridgehead atoms. The first-order valence-electron chi connectivity index (χ1n) is 12.4. The average Bonchev–Trinajstić information content (AvgIpc) is 3.57. The number of halogens is 1. The molecule has 7 N–H and O–H groups in total. The lowest BCUT2D eigenvalue weighted by Gasteiger charge is -2.15. The van der Waals surface area contributed by atoms with E-state index in [0.717, 1.165) is 33.5 Å². The number of methoxy groups -OCH3 is 1. The SMILES string of the molecule is COC(=O)c1ccc2c(c1)CC[C@@H]2NC(=O)c1cc(C(=O)O)nc2c([NH+](O)O)cnn12.Cc1cc(CN)ccc1F. The highest BCUT2D eigenvalue weighted by Crippen LogP contribution is 2.32. The molecular weight excluding hydrogens is 539 g/mol. The molecule has 0 saturated heterocycles. The zero-order valence-corrected chi connectivity index (χ0v) is 22.1. The van der Waals surface area contributed by atoms with Crippen LogP contribution in [-0.2, 0) is 17.7 Å². The van der Waals surface area contributed by atoms with Crippen molar-refractivity contribution in [3.8, 4) is 0 Å². The molecule has 2 aromatic heterocycles. The summed E-state index contributed by atoms with van der Waals surface area (Å²) in [5.74, 6) is -2.62. The summed E-state index contributed by atoms with van der Waals surface area (Å²) in [5.41, 5.74) is 8.16. The fourth-order valence-electron chi connectivity index (χ4n) is 4.47. The van der Waals surface area contributed by atoms with E-state index in [1.165, 1.54) is 13.2 Å². The minimum absolute atomic E-state index is 0.130. The Bertz CT molecular complexity index is 1640. The van der Waals surface area contributed by atoms with Gasteiger partial charge < -0.3 is 20.9 Å². The third-order valence-corrected chi connectivity index (χ3v) is 6.57. The van der Waals surface area contributed by atoms with Crippen LogP contribution in [0.25, 0.3) is 5.65 Å². The van der Waals surface area contributed by atoms with Crippen LogP contribution in [0.3, 0.4) is 0 Å². The number of carboxylic acid groups (broad SMARTS) is 1. The van der Waals surface area contributed by atoms with Crippen LogP contribution in [0.2, 0.25) is 0 Å². The van der Waals surface area contributed by atoms with Gasteiger partial charge in [0.25, 0.3) is 11.6 Å². The van der Waals surface area contributed by atoms with Crippen molar-refractivity contribution in [3.63, 3.8) is 0 Å². The molecule has 0 unspecified atom stereocenters. The lowest BCUT2D eigenvalue weighted by atomic mass is 10.0. The number of hydrogen-bond acceptors (Lipinski definition) is 9. The van der Waals surface area contributed by atoms with Crippen LogP contribution in [0.15, 0.2) is 48.7 Å². The summed E-state index contributed by atoms with van der Waals surface area (Å²) in [7, 11) is 1.30. The quantitative estimate of drug-likeness (QED) is 0.147. The van der Waals surface area contributed by atoms with Crippen molar-refractivity contribution < 1.29 is 44.3 Å². The van der Waals surface area contributed by atoms with Crippen molar-refractivity contribution in [3.05, 3.63) is 93.7 Å². The molecule has 14 heteroatoms. The molecule has 0 spiro atoms. The van der Waals surface area contributed by atoms with E-state index in [9.17, 15) is 34.3 Å². The van der Waals surface area contributed by atoms with Crippen LogP contribution >= 0.6 is 0 Å². The number of rotatable bonds is 6. The highest BCUT2D eigenvalue weighted by Gasteiger charge is 2.28. The second-order valence-electron chi connectivity index (χ2n) is 9.21. The maximum Gasteiger partial charge on any atom is 0.354 e. The van der Waals surface area contributed by atoms with E-state index in [4.69, 9.17) is 10.5 Å². The zero-order valence-electron chi connectivity index (χ0n) is 22.1. The van der Waals surface area contributed by atoms with Gasteiger partial charge in [0.2, 0.25) is 5.65 Å². The number of ether oxygens (including phenoxy) is 1. The van der Waals surface area contributed by atoms with Crippen molar-refractivity contribution in [1.82, 2.24) is 19.9 Å². The summed E-state index contributed by atoms with van der Waals surface area (Å²) in [4.78, 5) is 40.0. The highest BCUT2D eigenvalue weighted by atomic mass is 19.1. The van der Waals surface area contributed by atoms with Gasteiger partial charge in [-0.2, -0.15) is 15.5 Å². The Balaban J connectivity index is 0.000000328. The Labute approximate surface area is 232 Å². The maximum absolute atomic E-state index is 13.0. The van der Waals surface area contributed by atoms with Crippen molar-refractivity contribution in [2.24, 2.45) is 5.73 Å². The van der Waals surface area contributed by atoms with E-state index < -0.39 is 28.8 Å². The number of carbonyl (C=O) groups is 3. The number of aromatic nitrogens is 3. The van der Waals surface area contributed by atoms with Gasteiger partial charge in [0.05, 0.1) is 18.7 Å². The summed E-state index contributed by atoms with van der Waals surface area (Å²) < 4.78 is 18.4. The first kappa shape index (κ1) is 29.2.